The molecular weight excluding hydrogens is 410 g/mol. The number of amides is 1. The molecule has 7 heteroatoms. The number of hydrogen-bond acceptors (Lipinski definition) is 4. The minimum atomic E-state index is -3.18. The molecule has 0 radical (unpaired) electrons. The Morgan fingerprint density at radius 1 is 0.968 bits per heavy atom. The Hall–Kier alpha value is -2.64. The van der Waals surface area contributed by atoms with E-state index in [4.69, 9.17) is 0 Å². The lowest BCUT2D eigenvalue weighted by Crippen LogP contribution is -2.36. The summed E-state index contributed by atoms with van der Waals surface area (Å²) in [6.07, 6.45) is 6.35. The summed E-state index contributed by atoms with van der Waals surface area (Å²) in [5.74, 6) is 0.0716. The van der Waals surface area contributed by atoms with Crippen molar-refractivity contribution < 1.29 is 13.2 Å². The van der Waals surface area contributed by atoms with Gasteiger partial charge in [0.1, 0.15) is 0 Å². The third-order valence-electron chi connectivity index (χ3n) is 5.94. The first-order valence-electron chi connectivity index (χ1n) is 10.9. The third-order valence-corrected chi connectivity index (χ3v) is 7.81. The van der Waals surface area contributed by atoms with Gasteiger partial charge in [0.15, 0.2) is 0 Å². The quantitative estimate of drug-likeness (QED) is 0.673. The molecule has 2 heterocycles. The van der Waals surface area contributed by atoms with Crippen LogP contribution in [0.25, 0.3) is 6.08 Å². The molecule has 0 aliphatic carbocycles. The summed E-state index contributed by atoms with van der Waals surface area (Å²) in [7, 11) is -3.18. The Labute approximate surface area is 184 Å². The summed E-state index contributed by atoms with van der Waals surface area (Å²) in [6.45, 7) is 3.22. The van der Waals surface area contributed by atoms with Gasteiger partial charge in [-0.2, -0.15) is 0 Å². The number of carbonyl (C=O) groups is 1. The Balaban J connectivity index is 1.35. The highest BCUT2D eigenvalue weighted by Crippen LogP contribution is 2.25. The zero-order valence-corrected chi connectivity index (χ0v) is 18.4. The van der Waals surface area contributed by atoms with Crippen molar-refractivity contribution in [3.63, 3.8) is 0 Å². The van der Waals surface area contributed by atoms with Gasteiger partial charge in [0.2, 0.25) is 15.9 Å². The van der Waals surface area contributed by atoms with Gasteiger partial charge < -0.3 is 5.32 Å². The summed E-state index contributed by atoms with van der Waals surface area (Å²) in [6, 6.07) is 17.8. The van der Waals surface area contributed by atoms with E-state index in [1.165, 1.54) is 28.8 Å². The SMILES string of the molecule is O=C(/C=C/c1ccc(N2CCCS2(=O)=O)cc1)NCC(c1ccccc1)N1CCCC1. The lowest BCUT2D eigenvalue weighted by atomic mass is 10.1. The molecule has 1 N–H and O–H groups in total. The number of rotatable bonds is 7. The van der Waals surface area contributed by atoms with Gasteiger partial charge in [0.25, 0.3) is 0 Å². The van der Waals surface area contributed by atoms with Gasteiger partial charge in [-0.15, -0.1) is 0 Å². The van der Waals surface area contributed by atoms with Crippen LogP contribution in [0, 0.1) is 0 Å². The maximum absolute atomic E-state index is 12.4. The monoisotopic (exact) mass is 439 g/mol. The molecule has 31 heavy (non-hydrogen) atoms. The summed E-state index contributed by atoms with van der Waals surface area (Å²) < 4.78 is 25.5. The van der Waals surface area contributed by atoms with Crippen LogP contribution >= 0.6 is 0 Å². The van der Waals surface area contributed by atoms with Gasteiger partial charge in [-0.05, 0) is 61.7 Å². The largest absolute Gasteiger partial charge is 0.351 e. The van der Waals surface area contributed by atoms with Crippen LogP contribution in [0.1, 0.15) is 36.4 Å². The van der Waals surface area contributed by atoms with Gasteiger partial charge >= 0.3 is 0 Å². The number of sulfonamides is 1. The zero-order valence-electron chi connectivity index (χ0n) is 17.6. The maximum atomic E-state index is 12.4. The van der Waals surface area contributed by atoms with Crippen molar-refractivity contribution in [2.45, 2.75) is 25.3 Å². The highest BCUT2D eigenvalue weighted by atomic mass is 32.2. The minimum Gasteiger partial charge on any atom is -0.351 e. The molecule has 0 saturated carbocycles. The normalized spacial score (nSPS) is 19.7. The van der Waals surface area contributed by atoms with E-state index in [1.54, 1.807) is 18.2 Å². The van der Waals surface area contributed by atoms with E-state index in [0.717, 1.165) is 18.7 Å². The summed E-state index contributed by atoms with van der Waals surface area (Å²) in [5, 5.41) is 3.04. The maximum Gasteiger partial charge on any atom is 0.244 e. The number of anilines is 1. The number of hydrogen-bond donors (Lipinski definition) is 1. The Bertz CT molecular complexity index is 1010. The Kier molecular flexibility index (Phi) is 6.73. The van der Waals surface area contributed by atoms with Crippen molar-refractivity contribution >= 4 is 27.7 Å². The second-order valence-electron chi connectivity index (χ2n) is 8.08. The summed E-state index contributed by atoms with van der Waals surface area (Å²) >= 11 is 0. The van der Waals surface area contributed by atoms with Crippen LogP contribution < -0.4 is 9.62 Å². The van der Waals surface area contributed by atoms with E-state index in [9.17, 15) is 13.2 Å². The molecule has 2 fully saturated rings. The second-order valence-corrected chi connectivity index (χ2v) is 10.1. The molecule has 0 spiro atoms. The van der Waals surface area contributed by atoms with Crippen molar-refractivity contribution in [2.24, 2.45) is 0 Å². The van der Waals surface area contributed by atoms with Crippen molar-refractivity contribution in [1.82, 2.24) is 10.2 Å². The Morgan fingerprint density at radius 3 is 2.32 bits per heavy atom. The molecule has 2 aromatic carbocycles. The summed E-state index contributed by atoms with van der Waals surface area (Å²) in [5.41, 5.74) is 2.76. The van der Waals surface area contributed by atoms with Crippen LogP contribution in [0.4, 0.5) is 5.69 Å². The van der Waals surface area contributed by atoms with Crippen LogP contribution in [-0.4, -0.2) is 51.2 Å². The van der Waals surface area contributed by atoms with Gasteiger partial charge in [0.05, 0.1) is 17.5 Å². The molecule has 0 aromatic heterocycles. The molecule has 2 aromatic rings. The van der Waals surface area contributed by atoms with E-state index < -0.39 is 10.0 Å². The minimum absolute atomic E-state index is 0.133. The average molecular weight is 440 g/mol. The second kappa shape index (κ2) is 9.66. The molecule has 2 aliphatic heterocycles. The van der Waals surface area contributed by atoms with Crippen molar-refractivity contribution in [3.8, 4) is 0 Å². The van der Waals surface area contributed by atoms with E-state index in [-0.39, 0.29) is 17.7 Å². The Morgan fingerprint density at radius 2 is 1.68 bits per heavy atom. The van der Waals surface area contributed by atoms with Gasteiger partial charge in [0, 0.05) is 19.2 Å². The molecule has 1 amide bonds. The van der Waals surface area contributed by atoms with Gasteiger partial charge in [-0.3, -0.25) is 14.0 Å². The first-order chi connectivity index (χ1) is 15.0. The van der Waals surface area contributed by atoms with E-state index in [1.807, 2.05) is 30.3 Å². The van der Waals surface area contributed by atoms with Crippen LogP contribution in [0.5, 0.6) is 0 Å². The topological polar surface area (TPSA) is 69.7 Å². The van der Waals surface area contributed by atoms with Crippen LogP contribution in [0.3, 0.4) is 0 Å². The van der Waals surface area contributed by atoms with Gasteiger partial charge in [-0.1, -0.05) is 42.5 Å². The molecule has 0 bridgehead atoms. The third kappa shape index (κ3) is 5.35. The van der Waals surface area contributed by atoms with Crippen LogP contribution in [0.15, 0.2) is 60.7 Å². The lowest BCUT2D eigenvalue weighted by Gasteiger charge is -2.28. The molecule has 1 atom stereocenters. The zero-order chi connectivity index (χ0) is 21.7. The van der Waals surface area contributed by atoms with Crippen molar-refractivity contribution in [2.75, 3.05) is 36.2 Å². The predicted octanol–water partition coefficient (Wildman–Crippen LogP) is 3.19. The van der Waals surface area contributed by atoms with E-state index in [0.29, 0.717) is 25.2 Å². The fourth-order valence-electron chi connectivity index (χ4n) is 4.30. The highest BCUT2D eigenvalue weighted by Gasteiger charge is 2.28. The number of benzene rings is 2. The molecule has 2 aliphatic rings. The van der Waals surface area contributed by atoms with Crippen LogP contribution in [0.2, 0.25) is 0 Å². The molecule has 2 saturated heterocycles. The number of nitrogens with one attached hydrogen (secondary N) is 1. The lowest BCUT2D eigenvalue weighted by molar-refractivity contribution is -0.116. The average Bonchev–Trinajstić information content (AvgIpc) is 3.43. The van der Waals surface area contributed by atoms with Crippen molar-refractivity contribution in [3.05, 3.63) is 71.8 Å². The van der Waals surface area contributed by atoms with E-state index >= 15 is 0 Å². The number of nitrogens with zero attached hydrogens (tertiary/aromatic N) is 2. The highest BCUT2D eigenvalue weighted by molar-refractivity contribution is 7.93. The molecule has 6 nitrogen and oxygen atoms in total. The molecule has 1 unspecified atom stereocenters. The van der Waals surface area contributed by atoms with Crippen LogP contribution in [-0.2, 0) is 14.8 Å². The fraction of sp³-hybridized carbons (Fsp3) is 0.375. The first-order valence-corrected chi connectivity index (χ1v) is 12.5. The number of likely N-dealkylation sites (tertiary alicyclic amines) is 1. The summed E-state index contributed by atoms with van der Waals surface area (Å²) in [4.78, 5) is 14.9. The van der Waals surface area contributed by atoms with E-state index in [2.05, 4.69) is 22.3 Å². The molecule has 164 valence electrons. The molecule has 4 rings (SSSR count). The first kappa shape index (κ1) is 21.6. The predicted molar refractivity (Wildman–Crippen MR) is 124 cm³/mol. The smallest absolute Gasteiger partial charge is 0.244 e. The standard InChI is InChI=1S/C24H29N3O3S/c28-24(25-19-23(26-15-4-5-16-26)21-7-2-1-3-8-21)14-11-20-9-12-22(13-10-20)27-17-6-18-31(27,29)30/h1-3,7-14,23H,4-6,15-19H2,(H,25,28)/b14-11+. The van der Waals surface area contributed by atoms with Crippen molar-refractivity contribution in [1.29, 1.82) is 0 Å². The fourth-order valence-corrected chi connectivity index (χ4v) is 5.86. The molecular formula is C24H29N3O3S. The number of carbonyl (C=O) groups excluding carboxylic acids is 1. The van der Waals surface area contributed by atoms with Gasteiger partial charge in [-0.25, -0.2) is 8.42 Å².